The van der Waals surface area contributed by atoms with E-state index in [4.69, 9.17) is 0 Å². The van der Waals surface area contributed by atoms with E-state index < -0.39 is 0 Å². The van der Waals surface area contributed by atoms with Crippen LogP contribution in [0, 0.1) is 0 Å². The number of aromatic nitrogens is 2. The first-order chi connectivity index (χ1) is 9.17. The monoisotopic (exact) mass is 359 g/mol. The normalized spacial score (nSPS) is 10.2. The summed E-state index contributed by atoms with van der Waals surface area (Å²) in [6, 6.07) is 7.76. The van der Waals surface area contributed by atoms with Gasteiger partial charge in [-0.25, -0.2) is 0 Å². The summed E-state index contributed by atoms with van der Waals surface area (Å²) in [5.41, 5.74) is 0.926. The first-order valence-electron chi connectivity index (χ1n) is 5.23. The number of benzene rings is 1. The van der Waals surface area contributed by atoms with Gasteiger partial charge in [0.15, 0.2) is 4.34 Å². The zero-order chi connectivity index (χ0) is 13.7. The SMILES string of the molecule is COC(=O)CSc1nnc(Nc2cccc(Br)c2)s1. The minimum atomic E-state index is -0.276. The molecule has 0 bridgehead atoms. The molecule has 0 atom stereocenters. The van der Waals surface area contributed by atoms with Crippen LogP contribution in [0.5, 0.6) is 0 Å². The number of nitrogens with one attached hydrogen (secondary N) is 1. The van der Waals surface area contributed by atoms with Gasteiger partial charge in [0.1, 0.15) is 0 Å². The van der Waals surface area contributed by atoms with Gasteiger partial charge in [0.25, 0.3) is 0 Å². The molecule has 0 radical (unpaired) electrons. The molecule has 0 saturated carbocycles. The smallest absolute Gasteiger partial charge is 0.316 e. The highest BCUT2D eigenvalue weighted by atomic mass is 79.9. The Morgan fingerprint density at radius 2 is 2.37 bits per heavy atom. The van der Waals surface area contributed by atoms with Crippen LogP contribution in [-0.2, 0) is 9.53 Å². The molecule has 8 heteroatoms. The molecule has 2 aromatic rings. The number of carbonyl (C=O) groups is 1. The molecule has 0 aliphatic heterocycles. The van der Waals surface area contributed by atoms with Gasteiger partial charge in [-0.3, -0.25) is 4.79 Å². The predicted molar refractivity (Wildman–Crippen MR) is 80.1 cm³/mol. The van der Waals surface area contributed by atoms with Crippen LogP contribution in [0.2, 0.25) is 0 Å². The van der Waals surface area contributed by atoms with Gasteiger partial charge in [0, 0.05) is 10.2 Å². The second-order valence-electron chi connectivity index (χ2n) is 3.37. The van der Waals surface area contributed by atoms with E-state index in [1.807, 2.05) is 24.3 Å². The minimum Gasteiger partial charge on any atom is -0.468 e. The maximum Gasteiger partial charge on any atom is 0.316 e. The summed E-state index contributed by atoms with van der Waals surface area (Å²) >= 11 is 6.10. The topological polar surface area (TPSA) is 64.1 Å². The van der Waals surface area contributed by atoms with Gasteiger partial charge in [0.05, 0.1) is 12.9 Å². The number of hydrogen-bond acceptors (Lipinski definition) is 7. The molecule has 1 N–H and O–H groups in total. The Hall–Kier alpha value is -1.12. The van der Waals surface area contributed by atoms with Crippen LogP contribution < -0.4 is 5.32 Å². The van der Waals surface area contributed by atoms with Gasteiger partial charge in [-0.2, -0.15) is 0 Å². The van der Waals surface area contributed by atoms with Crippen LogP contribution in [0.1, 0.15) is 0 Å². The Balaban J connectivity index is 1.95. The highest BCUT2D eigenvalue weighted by molar-refractivity contribution is 9.10. The Morgan fingerprint density at radius 1 is 1.53 bits per heavy atom. The number of thioether (sulfide) groups is 1. The lowest BCUT2D eigenvalue weighted by Crippen LogP contribution is -2.02. The van der Waals surface area contributed by atoms with Gasteiger partial charge in [-0.1, -0.05) is 45.1 Å². The molecular formula is C11H10BrN3O2S2. The maximum atomic E-state index is 11.0. The number of nitrogens with zero attached hydrogens (tertiary/aromatic N) is 2. The van der Waals surface area contributed by atoms with E-state index >= 15 is 0 Å². The second-order valence-corrected chi connectivity index (χ2v) is 6.49. The number of carbonyl (C=O) groups excluding carboxylic acids is 1. The lowest BCUT2D eigenvalue weighted by atomic mass is 10.3. The number of esters is 1. The lowest BCUT2D eigenvalue weighted by molar-refractivity contribution is -0.137. The fourth-order valence-electron chi connectivity index (χ4n) is 1.19. The van der Waals surface area contributed by atoms with Crippen LogP contribution in [0.15, 0.2) is 33.1 Å². The summed E-state index contributed by atoms with van der Waals surface area (Å²) < 4.78 is 6.28. The van der Waals surface area contributed by atoms with Gasteiger partial charge in [-0.15, -0.1) is 10.2 Å². The number of methoxy groups -OCH3 is 1. The van der Waals surface area contributed by atoms with Crippen molar-refractivity contribution in [2.45, 2.75) is 4.34 Å². The second kappa shape index (κ2) is 6.88. The molecule has 5 nitrogen and oxygen atoms in total. The number of anilines is 2. The third kappa shape index (κ3) is 4.48. The average molecular weight is 360 g/mol. The molecule has 2 rings (SSSR count). The van der Waals surface area contributed by atoms with Crippen LogP contribution in [0.25, 0.3) is 0 Å². The molecule has 0 aliphatic rings. The Labute approximate surface area is 126 Å². The summed E-state index contributed by atoms with van der Waals surface area (Å²) in [4.78, 5) is 11.0. The van der Waals surface area contributed by atoms with Crippen molar-refractivity contribution in [3.8, 4) is 0 Å². The molecule has 0 fully saturated rings. The molecule has 1 heterocycles. The van der Waals surface area contributed by atoms with Crippen LogP contribution in [0.4, 0.5) is 10.8 Å². The summed E-state index contributed by atoms with van der Waals surface area (Å²) in [5.74, 6) is -0.0381. The Bertz CT molecular complexity index is 577. The third-order valence-corrected chi connectivity index (χ3v) is 4.46. The zero-order valence-electron chi connectivity index (χ0n) is 9.92. The van der Waals surface area contributed by atoms with Gasteiger partial charge < -0.3 is 10.1 Å². The standard InChI is InChI=1S/C11H10BrN3O2S2/c1-17-9(16)6-18-11-15-14-10(19-11)13-8-4-2-3-7(12)5-8/h2-5H,6H2,1H3,(H,13,14). The van der Waals surface area contributed by atoms with Crippen molar-refractivity contribution in [3.05, 3.63) is 28.7 Å². The fourth-order valence-corrected chi connectivity index (χ4v) is 3.19. The molecule has 1 aromatic heterocycles. The Morgan fingerprint density at radius 3 is 3.11 bits per heavy atom. The van der Waals surface area contributed by atoms with Crippen LogP contribution in [-0.4, -0.2) is 29.0 Å². The van der Waals surface area contributed by atoms with Crippen molar-refractivity contribution in [2.24, 2.45) is 0 Å². The van der Waals surface area contributed by atoms with Crippen molar-refractivity contribution in [3.63, 3.8) is 0 Å². The third-order valence-electron chi connectivity index (χ3n) is 2.02. The van der Waals surface area contributed by atoms with E-state index in [2.05, 4.69) is 36.2 Å². The van der Waals surface area contributed by atoms with E-state index in [0.717, 1.165) is 14.5 Å². The van der Waals surface area contributed by atoms with Crippen LogP contribution >= 0.6 is 39.0 Å². The van der Waals surface area contributed by atoms with E-state index in [1.54, 1.807) is 0 Å². The molecule has 100 valence electrons. The van der Waals surface area contributed by atoms with E-state index in [-0.39, 0.29) is 11.7 Å². The first kappa shape index (κ1) is 14.3. The van der Waals surface area contributed by atoms with Gasteiger partial charge in [0.2, 0.25) is 5.13 Å². The number of hydrogen-bond donors (Lipinski definition) is 1. The van der Waals surface area contributed by atoms with Gasteiger partial charge in [-0.05, 0) is 18.2 Å². The highest BCUT2D eigenvalue weighted by Crippen LogP contribution is 2.28. The quantitative estimate of drug-likeness (QED) is 0.652. The van der Waals surface area contributed by atoms with Crippen molar-refractivity contribution < 1.29 is 9.53 Å². The van der Waals surface area contributed by atoms with Crippen molar-refractivity contribution in [1.29, 1.82) is 0 Å². The van der Waals surface area contributed by atoms with Crippen LogP contribution in [0.3, 0.4) is 0 Å². The Kier molecular flexibility index (Phi) is 5.17. The number of halogens is 1. The zero-order valence-corrected chi connectivity index (χ0v) is 13.1. The maximum absolute atomic E-state index is 11.0. The summed E-state index contributed by atoms with van der Waals surface area (Å²) in [5, 5.41) is 11.8. The first-order valence-corrected chi connectivity index (χ1v) is 7.82. The molecule has 19 heavy (non-hydrogen) atoms. The molecular weight excluding hydrogens is 350 g/mol. The van der Waals surface area contributed by atoms with Crippen molar-refractivity contribution in [1.82, 2.24) is 10.2 Å². The van der Waals surface area contributed by atoms with Gasteiger partial charge >= 0.3 is 5.97 Å². The molecule has 0 aliphatic carbocycles. The molecule has 0 saturated heterocycles. The van der Waals surface area contributed by atoms with Crippen molar-refractivity contribution >= 4 is 55.8 Å². The predicted octanol–water partition coefficient (Wildman–Crippen LogP) is 3.31. The molecule has 0 unspecified atom stereocenters. The number of rotatable bonds is 5. The average Bonchev–Trinajstić information content (AvgIpc) is 2.83. The largest absolute Gasteiger partial charge is 0.468 e. The molecule has 0 amide bonds. The minimum absolute atomic E-state index is 0.238. The van der Waals surface area contributed by atoms with E-state index in [0.29, 0.717) is 5.13 Å². The highest BCUT2D eigenvalue weighted by Gasteiger charge is 2.08. The fraction of sp³-hybridized carbons (Fsp3) is 0.182. The lowest BCUT2D eigenvalue weighted by Gasteiger charge is -2.01. The number of ether oxygens (including phenoxy) is 1. The summed E-state index contributed by atoms with van der Waals surface area (Å²) in [6.45, 7) is 0. The molecule has 1 aromatic carbocycles. The van der Waals surface area contributed by atoms with E-state index in [9.17, 15) is 4.79 Å². The summed E-state index contributed by atoms with van der Waals surface area (Å²) in [7, 11) is 1.36. The van der Waals surface area contributed by atoms with E-state index in [1.165, 1.54) is 30.2 Å². The van der Waals surface area contributed by atoms with Crippen molar-refractivity contribution in [2.75, 3.05) is 18.2 Å². The summed E-state index contributed by atoms with van der Waals surface area (Å²) in [6.07, 6.45) is 0. The molecule has 0 spiro atoms.